The average molecular weight is 427 g/mol. The van der Waals surface area contributed by atoms with Gasteiger partial charge in [-0.15, -0.1) is 16.4 Å². The molecule has 0 radical (unpaired) electrons. The number of nitrogens with zero attached hydrogens (tertiary/aromatic N) is 4. The molecule has 0 spiro atoms. The molecule has 0 saturated heterocycles. The second-order valence-corrected chi connectivity index (χ2v) is 7.71. The number of aromatic amines is 1. The van der Waals surface area contributed by atoms with Crippen molar-refractivity contribution in [2.75, 3.05) is 0 Å². The minimum absolute atomic E-state index is 0.108. The normalized spacial score (nSPS) is 12.1. The van der Waals surface area contributed by atoms with Crippen LogP contribution in [0.2, 0.25) is 0 Å². The van der Waals surface area contributed by atoms with Crippen LogP contribution in [0.3, 0.4) is 0 Å². The third kappa shape index (κ3) is 2.96. The number of H-pyrrole nitrogens is 1. The summed E-state index contributed by atoms with van der Waals surface area (Å²) in [6.07, 6.45) is -1.70. The van der Waals surface area contributed by atoms with E-state index in [0.717, 1.165) is 0 Å². The summed E-state index contributed by atoms with van der Waals surface area (Å²) in [6, 6.07) is 10.5. The second-order valence-electron chi connectivity index (χ2n) is 6.68. The molecular formula is C20H12F3N5OS. The van der Waals surface area contributed by atoms with Gasteiger partial charge in [0, 0.05) is 34.4 Å². The zero-order valence-corrected chi connectivity index (χ0v) is 16.2. The van der Waals surface area contributed by atoms with Crippen molar-refractivity contribution in [3.63, 3.8) is 0 Å². The number of thiazole rings is 1. The minimum Gasteiger partial charge on any atom is -0.351 e. The van der Waals surface area contributed by atoms with Crippen LogP contribution in [0.4, 0.5) is 13.2 Å². The molecule has 0 bridgehead atoms. The van der Waals surface area contributed by atoms with E-state index in [0.29, 0.717) is 55.4 Å². The third-order valence-electron chi connectivity index (χ3n) is 4.73. The van der Waals surface area contributed by atoms with Gasteiger partial charge in [0.25, 0.3) is 0 Å². The molecule has 10 heteroatoms. The maximum absolute atomic E-state index is 12.8. The van der Waals surface area contributed by atoms with E-state index < -0.39 is 11.2 Å². The van der Waals surface area contributed by atoms with E-state index in [1.165, 1.54) is 10.7 Å². The molecule has 4 aromatic heterocycles. The highest BCUT2D eigenvalue weighted by atomic mass is 32.1. The lowest BCUT2D eigenvalue weighted by molar-refractivity contribution is -0.137. The van der Waals surface area contributed by atoms with Crippen molar-refractivity contribution < 1.29 is 13.2 Å². The second kappa shape index (κ2) is 6.49. The highest BCUT2D eigenvalue weighted by Gasteiger charge is 2.34. The summed E-state index contributed by atoms with van der Waals surface area (Å²) < 4.78 is 40.0. The van der Waals surface area contributed by atoms with Crippen molar-refractivity contribution in [2.45, 2.75) is 13.1 Å². The Balaban J connectivity index is 1.61. The molecule has 0 unspecified atom stereocenters. The molecule has 0 aliphatic rings. The van der Waals surface area contributed by atoms with Crippen LogP contribution in [-0.2, 0) is 6.18 Å². The summed E-state index contributed by atoms with van der Waals surface area (Å²) >= 11 is 0.565. The molecule has 0 aliphatic heterocycles. The molecule has 5 aromatic rings. The topological polar surface area (TPSA) is 75.9 Å². The quantitative estimate of drug-likeness (QED) is 0.444. The first kappa shape index (κ1) is 18.5. The average Bonchev–Trinajstić information content (AvgIpc) is 3.37. The van der Waals surface area contributed by atoms with Crippen LogP contribution in [0.15, 0.2) is 53.6 Å². The van der Waals surface area contributed by atoms with Crippen molar-refractivity contribution >= 4 is 27.9 Å². The Hall–Kier alpha value is -3.53. The standard InChI is InChI=1S/C20H12F3N5OS/c1-10-16(25-13-5-3-2-4-12(13)17(10)29)18-26-15-7-6-11(9-28(15)27-18)14-8-24-19(30-14)20(21,22)23/h2-9H,1H3,(H,25,29). The van der Waals surface area contributed by atoms with Crippen molar-refractivity contribution in [1.29, 1.82) is 0 Å². The Kier molecular flexibility index (Phi) is 4.00. The zero-order valence-electron chi connectivity index (χ0n) is 15.4. The molecule has 0 fully saturated rings. The van der Waals surface area contributed by atoms with Gasteiger partial charge in [0.15, 0.2) is 21.9 Å². The Morgan fingerprint density at radius 3 is 2.70 bits per heavy atom. The predicted octanol–water partition coefficient (Wildman–Crippen LogP) is 4.69. The summed E-state index contributed by atoms with van der Waals surface area (Å²) in [5, 5.41) is 4.11. The molecule has 5 rings (SSSR count). The summed E-state index contributed by atoms with van der Waals surface area (Å²) in [4.78, 5) is 24.2. The van der Waals surface area contributed by atoms with Gasteiger partial charge in [0.2, 0.25) is 0 Å². The summed E-state index contributed by atoms with van der Waals surface area (Å²) in [5.41, 5.74) is 2.59. The highest BCUT2D eigenvalue weighted by molar-refractivity contribution is 7.15. The van der Waals surface area contributed by atoms with Gasteiger partial charge in [0.05, 0.1) is 10.6 Å². The number of rotatable bonds is 2. The molecule has 0 amide bonds. The minimum atomic E-state index is -4.48. The van der Waals surface area contributed by atoms with Crippen molar-refractivity contribution in [3.8, 4) is 22.0 Å². The molecule has 1 N–H and O–H groups in total. The molecular weight excluding hydrogens is 415 g/mol. The molecule has 0 saturated carbocycles. The first-order chi connectivity index (χ1) is 14.3. The van der Waals surface area contributed by atoms with Gasteiger partial charge >= 0.3 is 6.18 Å². The number of halogens is 3. The smallest absolute Gasteiger partial charge is 0.351 e. The SMILES string of the molecule is Cc1c(-c2nc3ccc(-c4cnc(C(F)(F)F)s4)cn3n2)[nH]c2ccccc2c1=O. The highest BCUT2D eigenvalue weighted by Crippen LogP contribution is 2.36. The van der Waals surface area contributed by atoms with Crippen molar-refractivity contribution in [2.24, 2.45) is 0 Å². The van der Waals surface area contributed by atoms with Gasteiger partial charge in [-0.1, -0.05) is 12.1 Å². The molecule has 30 heavy (non-hydrogen) atoms. The van der Waals surface area contributed by atoms with E-state index in [4.69, 9.17) is 0 Å². The molecule has 6 nitrogen and oxygen atoms in total. The van der Waals surface area contributed by atoms with Crippen LogP contribution in [0.25, 0.3) is 38.5 Å². The third-order valence-corrected chi connectivity index (χ3v) is 5.83. The number of pyridine rings is 2. The van der Waals surface area contributed by atoms with Gasteiger partial charge in [-0.3, -0.25) is 4.79 Å². The molecule has 1 aromatic carbocycles. The number of aromatic nitrogens is 5. The fourth-order valence-electron chi connectivity index (χ4n) is 3.23. The lowest BCUT2D eigenvalue weighted by Gasteiger charge is -2.04. The van der Waals surface area contributed by atoms with Gasteiger partial charge < -0.3 is 4.98 Å². The number of alkyl halides is 3. The lowest BCUT2D eigenvalue weighted by atomic mass is 10.1. The van der Waals surface area contributed by atoms with Crippen LogP contribution >= 0.6 is 11.3 Å². The van der Waals surface area contributed by atoms with E-state index in [1.54, 1.807) is 43.5 Å². The number of para-hydroxylation sites is 1. The fraction of sp³-hybridized carbons (Fsp3) is 0.100. The fourth-order valence-corrected chi connectivity index (χ4v) is 4.00. The maximum atomic E-state index is 12.8. The largest absolute Gasteiger partial charge is 0.443 e. The number of nitrogens with one attached hydrogen (secondary N) is 1. The number of hydrogen-bond acceptors (Lipinski definition) is 5. The Bertz CT molecular complexity index is 1480. The van der Waals surface area contributed by atoms with Crippen LogP contribution in [0.1, 0.15) is 10.6 Å². The van der Waals surface area contributed by atoms with Gasteiger partial charge in [-0.25, -0.2) is 14.5 Å². The maximum Gasteiger partial charge on any atom is 0.443 e. The van der Waals surface area contributed by atoms with E-state index in [2.05, 4.69) is 20.1 Å². The number of benzene rings is 1. The van der Waals surface area contributed by atoms with E-state index in [1.807, 2.05) is 6.07 Å². The van der Waals surface area contributed by atoms with Gasteiger partial charge in [0.1, 0.15) is 0 Å². The van der Waals surface area contributed by atoms with Crippen molar-refractivity contribution in [1.82, 2.24) is 24.6 Å². The lowest BCUT2D eigenvalue weighted by Crippen LogP contribution is -2.09. The van der Waals surface area contributed by atoms with E-state index in [-0.39, 0.29) is 5.43 Å². The van der Waals surface area contributed by atoms with E-state index >= 15 is 0 Å². The molecule has 0 atom stereocenters. The van der Waals surface area contributed by atoms with Gasteiger partial charge in [-0.05, 0) is 31.2 Å². The Morgan fingerprint density at radius 2 is 1.93 bits per heavy atom. The monoisotopic (exact) mass is 427 g/mol. The molecule has 150 valence electrons. The molecule has 4 heterocycles. The van der Waals surface area contributed by atoms with Crippen LogP contribution < -0.4 is 5.43 Å². The first-order valence-electron chi connectivity index (χ1n) is 8.83. The Labute approximate surface area is 170 Å². The summed E-state index contributed by atoms with van der Waals surface area (Å²) in [7, 11) is 0. The van der Waals surface area contributed by atoms with Gasteiger partial charge in [-0.2, -0.15) is 13.2 Å². The van der Waals surface area contributed by atoms with Crippen LogP contribution in [0.5, 0.6) is 0 Å². The Morgan fingerprint density at radius 1 is 1.13 bits per heavy atom. The summed E-state index contributed by atoms with van der Waals surface area (Å²) in [5.74, 6) is 0.327. The molecule has 0 aliphatic carbocycles. The van der Waals surface area contributed by atoms with E-state index in [9.17, 15) is 18.0 Å². The predicted molar refractivity (Wildman–Crippen MR) is 107 cm³/mol. The first-order valence-corrected chi connectivity index (χ1v) is 9.65. The van der Waals surface area contributed by atoms with Crippen LogP contribution in [0, 0.1) is 6.92 Å². The van der Waals surface area contributed by atoms with Crippen LogP contribution in [-0.4, -0.2) is 24.6 Å². The number of hydrogen-bond donors (Lipinski definition) is 1. The zero-order chi connectivity index (χ0) is 21.0. The number of fused-ring (bicyclic) bond motifs is 2. The van der Waals surface area contributed by atoms with Crippen molar-refractivity contribution in [3.05, 3.63) is 69.6 Å². The summed E-state index contributed by atoms with van der Waals surface area (Å²) in [6.45, 7) is 1.70.